The molecule has 258 valence electrons. The molecule has 0 saturated heterocycles. The highest BCUT2D eigenvalue weighted by molar-refractivity contribution is 6.16. The lowest BCUT2D eigenvalue weighted by molar-refractivity contribution is 0.590. The first-order valence-electron chi connectivity index (χ1n) is 18.4. The Labute approximate surface area is 296 Å². The van der Waals surface area contributed by atoms with Crippen molar-refractivity contribution in [2.75, 3.05) is 0 Å². The van der Waals surface area contributed by atoms with E-state index in [-0.39, 0.29) is 10.8 Å². The maximum absolute atomic E-state index is 5.30. The number of aromatic amines is 1. The Morgan fingerprint density at radius 1 is 0.490 bits per heavy atom. The van der Waals surface area contributed by atoms with E-state index in [2.05, 4.69) is 175 Å². The average molecular weight is 654 g/mol. The summed E-state index contributed by atoms with van der Waals surface area (Å²) < 4.78 is 0. The van der Waals surface area contributed by atoms with E-state index in [1.807, 2.05) is 0 Å². The van der Waals surface area contributed by atoms with Gasteiger partial charge in [-0.2, -0.15) is 0 Å². The quantitative estimate of drug-likeness (QED) is 0.162. The number of nitrogens with zero attached hydrogens (tertiary/aromatic N) is 2. The molecule has 5 rings (SSSR count). The van der Waals surface area contributed by atoms with E-state index in [0.717, 1.165) is 33.5 Å². The number of fused-ring (bicyclic) bond motifs is 3. The second-order valence-corrected chi connectivity index (χ2v) is 17.3. The van der Waals surface area contributed by atoms with Gasteiger partial charge in [-0.25, -0.2) is 0 Å². The van der Waals surface area contributed by atoms with Crippen molar-refractivity contribution < 1.29 is 0 Å². The van der Waals surface area contributed by atoms with Gasteiger partial charge in [0.1, 0.15) is 0 Å². The first-order valence-corrected chi connectivity index (χ1v) is 18.4. The van der Waals surface area contributed by atoms with Gasteiger partial charge in [0, 0.05) is 34.3 Å². The van der Waals surface area contributed by atoms with Crippen LogP contribution in [0.3, 0.4) is 0 Å². The van der Waals surface area contributed by atoms with Crippen molar-refractivity contribution in [3.05, 3.63) is 105 Å². The van der Waals surface area contributed by atoms with Gasteiger partial charge in [-0.3, -0.25) is 9.98 Å². The zero-order valence-corrected chi connectivity index (χ0v) is 32.6. The number of para-hydroxylation sites is 2. The molecular formula is C46H59N3. The average Bonchev–Trinajstić information content (AvgIpc) is 3.40. The molecule has 3 nitrogen and oxygen atoms in total. The van der Waals surface area contributed by atoms with E-state index in [1.54, 1.807) is 0 Å². The molecule has 3 heteroatoms. The normalized spacial score (nSPS) is 13.3. The predicted molar refractivity (Wildman–Crippen MR) is 217 cm³/mol. The summed E-state index contributed by atoms with van der Waals surface area (Å²) in [5.74, 6) is 1.54. The zero-order valence-electron chi connectivity index (χ0n) is 32.6. The van der Waals surface area contributed by atoms with Gasteiger partial charge >= 0.3 is 0 Å². The van der Waals surface area contributed by atoms with Crippen LogP contribution in [0.2, 0.25) is 0 Å². The highest BCUT2D eigenvalue weighted by atomic mass is 14.8. The summed E-state index contributed by atoms with van der Waals surface area (Å²) in [7, 11) is 0. The molecule has 0 bridgehead atoms. The molecule has 4 aromatic carbocycles. The van der Waals surface area contributed by atoms with E-state index < -0.39 is 0 Å². The number of aromatic nitrogens is 1. The first-order chi connectivity index (χ1) is 22.9. The summed E-state index contributed by atoms with van der Waals surface area (Å²) in [6.07, 6.45) is 4.21. The molecule has 1 heterocycles. The molecular weight excluding hydrogens is 595 g/mol. The molecule has 0 atom stereocenters. The van der Waals surface area contributed by atoms with Crippen LogP contribution in [0.5, 0.6) is 0 Å². The van der Waals surface area contributed by atoms with Gasteiger partial charge in [0.25, 0.3) is 0 Å². The molecule has 0 saturated carbocycles. The van der Waals surface area contributed by atoms with Crippen LogP contribution < -0.4 is 0 Å². The van der Waals surface area contributed by atoms with Crippen molar-refractivity contribution in [3.63, 3.8) is 0 Å². The van der Waals surface area contributed by atoms with E-state index >= 15 is 0 Å². The fraction of sp³-hybridized carbons (Fsp3) is 0.435. The molecule has 49 heavy (non-hydrogen) atoms. The number of benzene rings is 4. The van der Waals surface area contributed by atoms with Crippen molar-refractivity contribution in [3.8, 4) is 0 Å². The van der Waals surface area contributed by atoms with E-state index in [1.165, 1.54) is 44.2 Å². The second-order valence-electron chi connectivity index (χ2n) is 17.3. The number of aliphatic imine (C=N–C) groups is 2. The predicted octanol–water partition coefficient (Wildman–Crippen LogP) is 13.9. The molecule has 0 amide bonds. The second kappa shape index (κ2) is 13.7. The van der Waals surface area contributed by atoms with Crippen LogP contribution in [0.4, 0.5) is 11.4 Å². The Kier molecular flexibility index (Phi) is 10.2. The van der Waals surface area contributed by atoms with Crippen LogP contribution in [0.25, 0.3) is 21.8 Å². The third-order valence-electron chi connectivity index (χ3n) is 9.96. The topological polar surface area (TPSA) is 40.5 Å². The number of hydrogen-bond acceptors (Lipinski definition) is 2. The summed E-state index contributed by atoms with van der Waals surface area (Å²) >= 11 is 0. The summed E-state index contributed by atoms with van der Waals surface area (Å²) in [6.45, 7) is 31.9. The van der Waals surface area contributed by atoms with Crippen LogP contribution in [-0.4, -0.2) is 17.4 Å². The van der Waals surface area contributed by atoms with Gasteiger partial charge in [0.15, 0.2) is 0 Å². The molecule has 0 fully saturated rings. The molecule has 1 aromatic heterocycles. The maximum atomic E-state index is 5.30. The number of nitrogens with one attached hydrogen (secondary N) is 1. The van der Waals surface area contributed by atoms with Gasteiger partial charge in [-0.05, 0) is 92.1 Å². The molecule has 0 aliphatic heterocycles. The summed E-state index contributed by atoms with van der Waals surface area (Å²) in [5.41, 5.74) is 14.4. The zero-order chi connectivity index (χ0) is 36.0. The number of rotatable bonds is 8. The van der Waals surface area contributed by atoms with Crippen LogP contribution in [0.15, 0.2) is 70.6 Å². The van der Waals surface area contributed by atoms with Crippen LogP contribution >= 0.6 is 0 Å². The Morgan fingerprint density at radius 2 is 0.796 bits per heavy atom. The van der Waals surface area contributed by atoms with Gasteiger partial charge in [-0.15, -0.1) is 0 Å². The molecule has 0 spiro atoms. The largest absolute Gasteiger partial charge is 0.353 e. The Hall–Kier alpha value is -3.98. The summed E-state index contributed by atoms with van der Waals surface area (Å²) in [6, 6.07) is 22.7. The van der Waals surface area contributed by atoms with Crippen LogP contribution in [0.1, 0.15) is 165 Å². The summed E-state index contributed by atoms with van der Waals surface area (Å²) in [5, 5.41) is 2.47. The van der Waals surface area contributed by atoms with Gasteiger partial charge in [0.05, 0.1) is 22.4 Å². The van der Waals surface area contributed by atoms with Crippen molar-refractivity contribution in [2.24, 2.45) is 9.98 Å². The fourth-order valence-electron chi connectivity index (χ4n) is 6.82. The third-order valence-corrected chi connectivity index (χ3v) is 9.96. The lowest BCUT2D eigenvalue weighted by Crippen LogP contribution is -2.12. The molecule has 0 aliphatic rings. The Balaban J connectivity index is 1.82. The Morgan fingerprint density at radius 3 is 1.06 bits per heavy atom. The van der Waals surface area contributed by atoms with Crippen molar-refractivity contribution in [1.82, 2.24) is 4.98 Å². The van der Waals surface area contributed by atoms with Crippen molar-refractivity contribution in [1.29, 1.82) is 0 Å². The van der Waals surface area contributed by atoms with E-state index in [4.69, 9.17) is 9.98 Å². The van der Waals surface area contributed by atoms with Gasteiger partial charge in [-0.1, -0.05) is 133 Å². The van der Waals surface area contributed by atoms with E-state index in [9.17, 15) is 0 Å². The minimum atomic E-state index is -0.0287. The van der Waals surface area contributed by atoms with E-state index in [0.29, 0.717) is 23.7 Å². The maximum Gasteiger partial charge on any atom is 0.0699 e. The minimum absolute atomic E-state index is 0.0287. The lowest BCUT2D eigenvalue weighted by atomic mass is 9.83. The monoisotopic (exact) mass is 653 g/mol. The SMILES string of the molecule is CC(C)c1cccc(C(C)C)c1N=Cc1cc(C(C)(C)C)cc2c1[nH]c1c(C=Nc3c(C(C)C)cccc3C(C)C)cc(C(C)(C)C)cc12. The third kappa shape index (κ3) is 7.47. The lowest BCUT2D eigenvalue weighted by Gasteiger charge is -2.21. The molecule has 0 radical (unpaired) electrons. The van der Waals surface area contributed by atoms with Crippen LogP contribution in [-0.2, 0) is 10.8 Å². The van der Waals surface area contributed by atoms with Crippen LogP contribution in [0, 0.1) is 0 Å². The summed E-state index contributed by atoms with van der Waals surface area (Å²) in [4.78, 5) is 14.5. The number of H-pyrrole nitrogens is 1. The highest BCUT2D eigenvalue weighted by Crippen LogP contribution is 2.39. The molecule has 1 N–H and O–H groups in total. The molecule has 0 unspecified atom stereocenters. The fourth-order valence-corrected chi connectivity index (χ4v) is 6.82. The molecule has 5 aromatic rings. The first kappa shape index (κ1) is 36.3. The Bertz CT molecular complexity index is 1830. The molecule has 0 aliphatic carbocycles. The standard InChI is InChI=1S/C46H59N3/c1-27(2)35-17-15-18-36(28(3)4)43(35)47-25-31-21-33(45(9,10)11)23-39-40-24-34(46(12,13)14)22-32(42(40)49-41(31)39)26-48-44-37(29(5)6)19-16-20-38(44)30(7)8/h15-30,49H,1-14H3. The van der Waals surface area contributed by atoms with Crippen molar-refractivity contribution in [2.45, 2.75) is 131 Å². The van der Waals surface area contributed by atoms with Gasteiger partial charge < -0.3 is 4.98 Å². The highest BCUT2D eigenvalue weighted by Gasteiger charge is 2.22. The van der Waals surface area contributed by atoms with Crippen molar-refractivity contribution >= 4 is 45.6 Å². The minimum Gasteiger partial charge on any atom is -0.353 e. The number of hydrogen-bond donors (Lipinski definition) is 1. The van der Waals surface area contributed by atoms with Gasteiger partial charge in [0.2, 0.25) is 0 Å². The smallest absolute Gasteiger partial charge is 0.0699 e.